The molecule has 1 aliphatic rings. The van der Waals surface area contributed by atoms with Crippen LogP contribution in [0.4, 0.5) is 5.82 Å². The summed E-state index contributed by atoms with van der Waals surface area (Å²) in [6, 6.07) is 12.3. The van der Waals surface area contributed by atoms with Crippen LogP contribution in [-0.2, 0) is 6.42 Å². The highest BCUT2D eigenvalue weighted by molar-refractivity contribution is 5.98. The highest BCUT2D eigenvalue weighted by Gasteiger charge is 2.23. The zero-order chi connectivity index (χ0) is 15.5. The summed E-state index contributed by atoms with van der Waals surface area (Å²) < 4.78 is 11.2. The van der Waals surface area contributed by atoms with Crippen LogP contribution in [-0.4, -0.2) is 11.8 Å². The largest absolute Gasteiger partial charge is 0.492 e. The van der Waals surface area contributed by atoms with Crippen molar-refractivity contribution in [2.24, 2.45) is 0 Å². The van der Waals surface area contributed by atoms with E-state index in [0.29, 0.717) is 18.0 Å². The van der Waals surface area contributed by atoms with E-state index < -0.39 is 0 Å². The molecule has 22 heavy (non-hydrogen) atoms. The first-order chi connectivity index (χ1) is 10.8. The Kier molecular flexibility index (Phi) is 4.00. The van der Waals surface area contributed by atoms with Gasteiger partial charge in [-0.1, -0.05) is 49.3 Å². The SMILES string of the molecule is CC.Nc1noc2cc(-c3ccccc3)c3c(c12)OCCC3. The molecule has 114 valence electrons. The van der Waals surface area contributed by atoms with Crippen molar-refractivity contribution >= 4 is 16.8 Å². The lowest BCUT2D eigenvalue weighted by Gasteiger charge is -2.21. The van der Waals surface area contributed by atoms with Crippen molar-refractivity contribution in [3.05, 3.63) is 42.0 Å². The second kappa shape index (κ2) is 6.10. The van der Waals surface area contributed by atoms with Crippen LogP contribution in [0, 0.1) is 0 Å². The normalized spacial score (nSPS) is 13.0. The maximum atomic E-state index is 5.90. The van der Waals surface area contributed by atoms with E-state index in [1.54, 1.807) is 0 Å². The summed E-state index contributed by atoms with van der Waals surface area (Å²) in [4.78, 5) is 0. The molecular weight excluding hydrogens is 276 g/mol. The lowest BCUT2D eigenvalue weighted by Crippen LogP contribution is -2.10. The minimum absolute atomic E-state index is 0.401. The smallest absolute Gasteiger partial charge is 0.178 e. The molecule has 0 fully saturated rings. The number of nitrogens with zero attached hydrogens (tertiary/aromatic N) is 1. The van der Waals surface area contributed by atoms with Crippen molar-refractivity contribution in [3.8, 4) is 16.9 Å². The van der Waals surface area contributed by atoms with E-state index >= 15 is 0 Å². The third kappa shape index (κ3) is 2.30. The molecule has 4 rings (SSSR count). The summed E-state index contributed by atoms with van der Waals surface area (Å²) in [7, 11) is 0. The van der Waals surface area contributed by atoms with Gasteiger partial charge in [-0.25, -0.2) is 0 Å². The first-order valence-electron chi connectivity index (χ1n) is 7.73. The van der Waals surface area contributed by atoms with Crippen LogP contribution in [0.2, 0.25) is 0 Å². The zero-order valence-electron chi connectivity index (χ0n) is 12.9. The van der Waals surface area contributed by atoms with Gasteiger partial charge in [0.25, 0.3) is 0 Å². The number of hydrogen-bond acceptors (Lipinski definition) is 4. The van der Waals surface area contributed by atoms with Crippen LogP contribution in [0.15, 0.2) is 40.9 Å². The second-order valence-corrected chi connectivity index (χ2v) is 4.99. The monoisotopic (exact) mass is 296 g/mol. The summed E-state index contributed by atoms with van der Waals surface area (Å²) >= 11 is 0. The first kappa shape index (κ1) is 14.4. The molecular formula is C18H20N2O2. The molecule has 0 radical (unpaired) electrons. The molecule has 0 saturated heterocycles. The fourth-order valence-corrected chi connectivity index (χ4v) is 2.84. The van der Waals surface area contributed by atoms with Crippen LogP contribution in [0.25, 0.3) is 22.1 Å². The van der Waals surface area contributed by atoms with Crippen molar-refractivity contribution in [3.63, 3.8) is 0 Å². The number of anilines is 1. The molecule has 1 aromatic heterocycles. The van der Waals surface area contributed by atoms with Crippen LogP contribution in [0.1, 0.15) is 25.8 Å². The van der Waals surface area contributed by atoms with E-state index in [-0.39, 0.29) is 0 Å². The van der Waals surface area contributed by atoms with Crippen molar-refractivity contribution < 1.29 is 9.26 Å². The van der Waals surface area contributed by atoms with Gasteiger partial charge < -0.3 is 15.0 Å². The Morgan fingerprint density at radius 2 is 1.91 bits per heavy atom. The number of hydrogen-bond donors (Lipinski definition) is 1. The summed E-state index contributed by atoms with van der Waals surface area (Å²) in [5.74, 6) is 1.24. The highest BCUT2D eigenvalue weighted by atomic mass is 16.5. The Bertz CT molecular complexity index is 779. The fourth-order valence-electron chi connectivity index (χ4n) is 2.84. The fraction of sp³-hybridized carbons (Fsp3) is 0.278. The molecule has 2 heterocycles. The molecule has 0 amide bonds. The third-order valence-electron chi connectivity index (χ3n) is 3.75. The summed E-state index contributed by atoms with van der Waals surface area (Å²) in [5.41, 5.74) is 10.1. The number of rotatable bonds is 1. The minimum atomic E-state index is 0.401. The van der Waals surface area contributed by atoms with Gasteiger partial charge in [-0.2, -0.15) is 0 Å². The van der Waals surface area contributed by atoms with Gasteiger partial charge in [0.2, 0.25) is 0 Å². The maximum Gasteiger partial charge on any atom is 0.178 e. The first-order valence-corrected chi connectivity index (χ1v) is 7.73. The van der Waals surface area contributed by atoms with Crippen LogP contribution >= 0.6 is 0 Å². The minimum Gasteiger partial charge on any atom is -0.492 e. The zero-order valence-corrected chi connectivity index (χ0v) is 12.9. The van der Waals surface area contributed by atoms with Gasteiger partial charge in [-0.05, 0) is 30.0 Å². The van der Waals surface area contributed by atoms with E-state index in [0.717, 1.165) is 35.1 Å². The topological polar surface area (TPSA) is 61.3 Å². The van der Waals surface area contributed by atoms with Crippen molar-refractivity contribution in [2.75, 3.05) is 12.3 Å². The molecule has 3 aromatic rings. The predicted octanol–water partition coefficient (Wildman–Crippen LogP) is 4.43. The number of ether oxygens (including phenoxy) is 1. The Balaban J connectivity index is 0.000000693. The Morgan fingerprint density at radius 3 is 2.68 bits per heavy atom. The Labute approximate surface area is 129 Å². The van der Waals surface area contributed by atoms with E-state index in [2.05, 4.69) is 17.3 Å². The Morgan fingerprint density at radius 1 is 1.14 bits per heavy atom. The van der Waals surface area contributed by atoms with Gasteiger partial charge in [0, 0.05) is 5.56 Å². The van der Waals surface area contributed by atoms with Crippen molar-refractivity contribution in [1.29, 1.82) is 0 Å². The van der Waals surface area contributed by atoms with Gasteiger partial charge in [0.1, 0.15) is 11.1 Å². The summed E-state index contributed by atoms with van der Waals surface area (Å²) in [5, 5.41) is 4.67. The number of nitrogen functional groups attached to an aromatic ring is 1. The molecule has 0 aliphatic carbocycles. The number of benzene rings is 2. The molecule has 2 aromatic carbocycles. The molecule has 0 spiro atoms. The molecule has 0 unspecified atom stereocenters. The highest BCUT2D eigenvalue weighted by Crippen LogP contribution is 2.42. The second-order valence-electron chi connectivity index (χ2n) is 4.99. The predicted molar refractivity (Wildman–Crippen MR) is 89.0 cm³/mol. The van der Waals surface area contributed by atoms with Gasteiger partial charge >= 0.3 is 0 Å². The average molecular weight is 296 g/mol. The van der Waals surface area contributed by atoms with E-state index in [9.17, 15) is 0 Å². The summed E-state index contributed by atoms with van der Waals surface area (Å²) in [6.07, 6.45) is 2.00. The quantitative estimate of drug-likeness (QED) is 0.721. The van der Waals surface area contributed by atoms with Crippen molar-refractivity contribution in [2.45, 2.75) is 26.7 Å². The van der Waals surface area contributed by atoms with Gasteiger partial charge in [-0.15, -0.1) is 0 Å². The van der Waals surface area contributed by atoms with E-state index in [1.807, 2.05) is 38.1 Å². The molecule has 0 atom stereocenters. The lowest BCUT2D eigenvalue weighted by molar-refractivity contribution is 0.292. The molecule has 0 bridgehead atoms. The summed E-state index contributed by atoms with van der Waals surface area (Å²) in [6.45, 7) is 4.71. The van der Waals surface area contributed by atoms with Crippen LogP contribution in [0.3, 0.4) is 0 Å². The average Bonchev–Trinajstić information content (AvgIpc) is 2.98. The van der Waals surface area contributed by atoms with Crippen LogP contribution in [0.5, 0.6) is 5.75 Å². The standard InChI is InChI=1S/C16H14N2O2.C2H6/c17-16-14-13(20-18-16)9-12(10-5-2-1-3-6-10)11-7-4-8-19-15(11)14;1-2/h1-3,5-6,9H,4,7-8H2,(H2,17,18);1-2H3. The van der Waals surface area contributed by atoms with Gasteiger partial charge in [0.15, 0.2) is 11.4 Å². The molecule has 1 aliphatic heterocycles. The Hall–Kier alpha value is -2.49. The molecule has 4 heteroatoms. The van der Waals surface area contributed by atoms with E-state index in [1.165, 1.54) is 5.56 Å². The van der Waals surface area contributed by atoms with Crippen molar-refractivity contribution in [1.82, 2.24) is 5.16 Å². The lowest BCUT2D eigenvalue weighted by atomic mass is 9.93. The molecule has 0 saturated carbocycles. The third-order valence-corrected chi connectivity index (χ3v) is 3.75. The van der Waals surface area contributed by atoms with Crippen LogP contribution < -0.4 is 10.5 Å². The number of fused-ring (bicyclic) bond motifs is 3. The van der Waals surface area contributed by atoms with Gasteiger partial charge in [-0.3, -0.25) is 0 Å². The molecule has 4 nitrogen and oxygen atoms in total. The maximum absolute atomic E-state index is 5.90. The number of aromatic nitrogens is 1. The van der Waals surface area contributed by atoms with E-state index in [4.69, 9.17) is 15.0 Å². The molecule has 2 N–H and O–H groups in total. The van der Waals surface area contributed by atoms with Gasteiger partial charge in [0.05, 0.1) is 6.61 Å². The number of nitrogens with two attached hydrogens (primary N) is 1.